The zero-order valence-corrected chi connectivity index (χ0v) is 17.9. The van der Waals surface area contributed by atoms with Crippen LogP contribution in [0, 0.1) is 0 Å². The van der Waals surface area contributed by atoms with Gasteiger partial charge in [-0.05, 0) is 36.4 Å². The topological polar surface area (TPSA) is 78.5 Å². The summed E-state index contributed by atoms with van der Waals surface area (Å²) < 4.78 is 66.6. The molecule has 0 atom stereocenters. The van der Waals surface area contributed by atoms with E-state index in [2.05, 4.69) is 26.6 Å². The molecule has 2 aliphatic heterocycles. The number of carbonyl (C=O) groups is 1. The molecular weight excluding hydrogens is 487 g/mol. The lowest BCUT2D eigenvalue weighted by molar-refractivity contribution is -0.137. The molecular formula is C19H17BrF3N3O3S. The molecule has 0 radical (unpaired) electrons. The third kappa shape index (κ3) is 3.81. The molecule has 0 saturated carbocycles. The van der Waals surface area contributed by atoms with Crippen LogP contribution in [0.15, 0.2) is 51.8 Å². The Balaban J connectivity index is 1.54. The summed E-state index contributed by atoms with van der Waals surface area (Å²) in [4.78, 5) is 12.1. The van der Waals surface area contributed by atoms with Gasteiger partial charge in [-0.25, -0.2) is 8.42 Å². The van der Waals surface area contributed by atoms with Crippen LogP contribution in [0.2, 0.25) is 0 Å². The number of fused-ring (bicyclic) bond motifs is 1. The summed E-state index contributed by atoms with van der Waals surface area (Å²) in [5.41, 5.74) is -0.691. The minimum atomic E-state index is -4.63. The number of alkyl halides is 3. The van der Waals surface area contributed by atoms with E-state index < -0.39 is 32.3 Å². The van der Waals surface area contributed by atoms with Crippen molar-refractivity contribution in [2.45, 2.75) is 29.6 Å². The minimum absolute atomic E-state index is 0.0533. The van der Waals surface area contributed by atoms with Gasteiger partial charge in [-0.15, -0.1) is 0 Å². The van der Waals surface area contributed by atoms with Crippen molar-refractivity contribution < 1.29 is 26.4 Å². The van der Waals surface area contributed by atoms with Gasteiger partial charge in [-0.1, -0.05) is 22.0 Å². The molecule has 1 fully saturated rings. The minimum Gasteiger partial charge on any atom is -0.362 e. The average molecular weight is 504 g/mol. The number of anilines is 1. The SMILES string of the molecule is O=C1NC2(CCN(S(=O)(=O)c3cccc(C(F)(F)F)c3)CC2)Nc2ccc(Br)cc21. The van der Waals surface area contributed by atoms with E-state index in [1.165, 1.54) is 0 Å². The number of halogens is 4. The quantitative estimate of drug-likeness (QED) is 0.653. The van der Waals surface area contributed by atoms with E-state index >= 15 is 0 Å². The zero-order valence-electron chi connectivity index (χ0n) is 15.5. The van der Waals surface area contributed by atoms with Gasteiger partial charge in [0.1, 0.15) is 5.66 Å². The summed E-state index contributed by atoms with van der Waals surface area (Å²) in [6, 6.07) is 8.98. The Kier molecular flexibility index (Phi) is 5.10. The predicted octanol–water partition coefficient (Wildman–Crippen LogP) is 3.80. The molecule has 2 aliphatic rings. The summed E-state index contributed by atoms with van der Waals surface area (Å²) in [6.07, 6.45) is -4.09. The van der Waals surface area contributed by atoms with Crippen LogP contribution < -0.4 is 10.6 Å². The van der Waals surface area contributed by atoms with Crippen molar-refractivity contribution in [2.24, 2.45) is 0 Å². The smallest absolute Gasteiger partial charge is 0.362 e. The van der Waals surface area contributed by atoms with Crippen LogP contribution in [0.4, 0.5) is 18.9 Å². The lowest BCUT2D eigenvalue weighted by Crippen LogP contribution is -2.62. The van der Waals surface area contributed by atoms with E-state index in [0.29, 0.717) is 17.3 Å². The van der Waals surface area contributed by atoms with E-state index in [0.717, 1.165) is 27.0 Å². The molecule has 30 heavy (non-hydrogen) atoms. The molecule has 1 amide bonds. The number of piperidine rings is 1. The van der Waals surface area contributed by atoms with Crippen LogP contribution in [-0.4, -0.2) is 37.4 Å². The Bertz CT molecular complexity index is 1110. The lowest BCUT2D eigenvalue weighted by atomic mass is 9.93. The molecule has 6 nitrogen and oxygen atoms in total. The predicted molar refractivity (Wildman–Crippen MR) is 107 cm³/mol. The van der Waals surface area contributed by atoms with Crippen LogP contribution in [0.25, 0.3) is 0 Å². The first kappa shape index (κ1) is 21.1. The highest BCUT2D eigenvalue weighted by Crippen LogP contribution is 2.35. The van der Waals surface area contributed by atoms with E-state index in [-0.39, 0.29) is 31.8 Å². The standard InChI is InChI=1S/C19H17BrF3N3O3S/c20-13-4-5-16-15(11-13)17(27)25-18(24-16)6-8-26(9-7-18)30(28,29)14-3-1-2-12(10-14)19(21,22)23/h1-5,10-11,24H,6-9H2,(H,25,27). The lowest BCUT2D eigenvalue weighted by Gasteiger charge is -2.45. The van der Waals surface area contributed by atoms with Gasteiger partial charge in [0.15, 0.2) is 0 Å². The fourth-order valence-corrected chi connectivity index (χ4v) is 5.58. The highest BCUT2D eigenvalue weighted by Gasteiger charge is 2.43. The van der Waals surface area contributed by atoms with E-state index in [1.807, 2.05) is 0 Å². The Labute approximate surface area is 179 Å². The molecule has 2 aromatic rings. The van der Waals surface area contributed by atoms with Gasteiger partial charge >= 0.3 is 6.18 Å². The maximum Gasteiger partial charge on any atom is 0.416 e. The number of nitrogens with one attached hydrogen (secondary N) is 2. The van der Waals surface area contributed by atoms with Gasteiger partial charge in [-0.3, -0.25) is 4.79 Å². The third-order valence-corrected chi connectivity index (χ3v) is 7.72. The summed E-state index contributed by atoms with van der Waals surface area (Å²) >= 11 is 3.32. The molecule has 0 aromatic heterocycles. The van der Waals surface area contributed by atoms with Crippen LogP contribution in [0.5, 0.6) is 0 Å². The van der Waals surface area contributed by atoms with Gasteiger partial charge in [0.2, 0.25) is 10.0 Å². The van der Waals surface area contributed by atoms with Crippen LogP contribution in [-0.2, 0) is 16.2 Å². The second-order valence-corrected chi connectivity index (χ2v) is 10.1. The molecule has 2 N–H and O–H groups in total. The number of hydrogen-bond acceptors (Lipinski definition) is 4. The molecule has 1 spiro atoms. The van der Waals surface area contributed by atoms with Gasteiger partial charge < -0.3 is 10.6 Å². The molecule has 0 bridgehead atoms. The molecule has 2 aromatic carbocycles. The Morgan fingerprint density at radius 1 is 1.03 bits per heavy atom. The van der Waals surface area contributed by atoms with E-state index in [1.54, 1.807) is 18.2 Å². The number of benzene rings is 2. The summed E-state index contributed by atoms with van der Waals surface area (Å²) in [6.45, 7) is 0.107. The molecule has 1 saturated heterocycles. The summed E-state index contributed by atoms with van der Waals surface area (Å²) in [5, 5.41) is 6.20. The van der Waals surface area contributed by atoms with Crippen molar-refractivity contribution in [3.05, 3.63) is 58.1 Å². The number of sulfonamides is 1. The second-order valence-electron chi connectivity index (χ2n) is 7.28. The number of nitrogens with zero attached hydrogens (tertiary/aromatic N) is 1. The monoisotopic (exact) mass is 503 g/mol. The molecule has 4 rings (SSSR count). The highest BCUT2D eigenvalue weighted by atomic mass is 79.9. The van der Waals surface area contributed by atoms with Crippen molar-refractivity contribution >= 4 is 37.5 Å². The first-order chi connectivity index (χ1) is 14.0. The number of rotatable bonds is 2. The van der Waals surface area contributed by atoms with Crippen molar-refractivity contribution in [1.29, 1.82) is 0 Å². The van der Waals surface area contributed by atoms with Gasteiger partial charge in [0.25, 0.3) is 5.91 Å². The highest BCUT2D eigenvalue weighted by molar-refractivity contribution is 9.10. The first-order valence-corrected chi connectivity index (χ1v) is 11.3. The third-order valence-electron chi connectivity index (χ3n) is 5.33. The molecule has 2 heterocycles. The first-order valence-electron chi connectivity index (χ1n) is 9.08. The fraction of sp³-hybridized carbons (Fsp3) is 0.316. The van der Waals surface area contributed by atoms with Crippen molar-refractivity contribution in [1.82, 2.24) is 9.62 Å². The molecule has 11 heteroatoms. The van der Waals surface area contributed by atoms with Crippen LogP contribution in [0.3, 0.4) is 0 Å². The number of hydrogen-bond donors (Lipinski definition) is 2. The van der Waals surface area contributed by atoms with Crippen molar-refractivity contribution in [3.63, 3.8) is 0 Å². The number of amides is 1. The maximum absolute atomic E-state index is 13.0. The molecule has 160 valence electrons. The van der Waals surface area contributed by atoms with Crippen LogP contribution >= 0.6 is 15.9 Å². The van der Waals surface area contributed by atoms with Gasteiger partial charge in [-0.2, -0.15) is 17.5 Å². The Morgan fingerprint density at radius 3 is 2.40 bits per heavy atom. The number of carbonyl (C=O) groups excluding carboxylic acids is 1. The normalized spacial score (nSPS) is 19.1. The summed E-state index contributed by atoms with van der Waals surface area (Å²) in [7, 11) is -4.09. The van der Waals surface area contributed by atoms with Crippen LogP contribution in [0.1, 0.15) is 28.8 Å². The summed E-state index contributed by atoms with van der Waals surface area (Å²) in [5.74, 6) is -0.265. The van der Waals surface area contributed by atoms with Gasteiger partial charge in [0, 0.05) is 36.1 Å². The van der Waals surface area contributed by atoms with E-state index in [9.17, 15) is 26.4 Å². The average Bonchev–Trinajstić information content (AvgIpc) is 2.68. The Hall–Kier alpha value is -2.11. The Morgan fingerprint density at radius 2 is 1.73 bits per heavy atom. The molecule has 0 unspecified atom stereocenters. The van der Waals surface area contributed by atoms with Gasteiger partial charge in [0.05, 0.1) is 16.0 Å². The second kappa shape index (κ2) is 7.24. The largest absolute Gasteiger partial charge is 0.416 e. The zero-order chi connectivity index (χ0) is 21.7. The molecule has 0 aliphatic carbocycles. The maximum atomic E-state index is 13.0. The van der Waals surface area contributed by atoms with E-state index in [4.69, 9.17) is 0 Å². The van der Waals surface area contributed by atoms with Crippen molar-refractivity contribution in [3.8, 4) is 0 Å². The van der Waals surface area contributed by atoms with Crippen molar-refractivity contribution in [2.75, 3.05) is 18.4 Å². The fourth-order valence-electron chi connectivity index (χ4n) is 3.73.